The number of H-pyrrole nitrogens is 1. The van der Waals surface area contributed by atoms with E-state index in [1.165, 1.54) is 5.56 Å². The van der Waals surface area contributed by atoms with E-state index in [1.807, 2.05) is 6.92 Å². The average molecular weight is 244 g/mol. The SMILES string of the molecule is Cc1nc2c(CN3CCN(C)CC3)cccc2[nH]1. The molecular formula is C14H20N4. The van der Waals surface area contributed by atoms with E-state index >= 15 is 0 Å². The standard InChI is InChI=1S/C14H20N4/c1-11-15-13-5-3-4-12(14(13)16-11)10-18-8-6-17(2)7-9-18/h3-5H,6-10H2,1-2H3,(H,15,16). The van der Waals surface area contributed by atoms with Crippen molar-refractivity contribution in [2.45, 2.75) is 13.5 Å². The third kappa shape index (κ3) is 2.26. The molecule has 1 aromatic carbocycles. The maximum atomic E-state index is 4.60. The van der Waals surface area contributed by atoms with Crippen LogP contribution in [0.3, 0.4) is 0 Å². The highest BCUT2D eigenvalue weighted by molar-refractivity contribution is 5.78. The van der Waals surface area contributed by atoms with Gasteiger partial charge in [0.2, 0.25) is 0 Å². The van der Waals surface area contributed by atoms with E-state index in [2.05, 4.69) is 45.0 Å². The van der Waals surface area contributed by atoms with Crippen LogP contribution in [0.1, 0.15) is 11.4 Å². The van der Waals surface area contributed by atoms with Gasteiger partial charge in [-0.25, -0.2) is 4.98 Å². The highest BCUT2D eigenvalue weighted by Gasteiger charge is 2.15. The lowest BCUT2D eigenvalue weighted by molar-refractivity contribution is 0.148. The molecule has 1 aliphatic rings. The molecule has 0 amide bonds. The number of para-hydroxylation sites is 1. The topological polar surface area (TPSA) is 35.2 Å². The minimum absolute atomic E-state index is 0.996. The summed E-state index contributed by atoms with van der Waals surface area (Å²) in [7, 11) is 2.19. The molecule has 0 spiro atoms. The predicted octanol–water partition coefficient (Wildman–Crippen LogP) is 1.62. The number of nitrogens with one attached hydrogen (secondary N) is 1. The average Bonchev–Trinajstić information content (AvgIpc) is 2.73. The van der Waals surface area contributed by atoms with Crippen molar-refractivity contribution in [1.29, 1.82) is 0 Å². The molecule has 0 bridgehead atoms. The molecule has 1 aliphatic heterocycles. The minimum Gasteiger partial charge on any atom is -0.342 e. The lowest BCUT2D eigenvalue weighted by Gasteiger charge is -2.32. The molecule has 0 atom stereocenters. The van der Waals surface area contributed by atoms with E-state index in [0.717, 1.165) is 49.6 Å². The van der Waals surface area contributed by atoms with Gasteiger partial charge in [-0.1, -0.05) is 12.1 Å². The van der Waals surface area contributed by atoms with E-state index in [1.54, 1.807) is 0 Å². The monoisotopic (exact) mass is 244 g/mol. The van der Waals surface area contributed by atoms with Crippen LogP contribution in [-0.2, 0) is 6.54 Å². The highest BCUT2D eigenvalue weighted by atomic mass is 15.2. The van der Waals surface area contributed by atoms with Crippen molar-refractivity contribution in [3.8, 4) is 0 Å². The molecule has 0 aliphatic carbocycles. The number of nitrogens with zero attached hydrogens (tertiary/aromatic N) is 3. The number of hydrogen-bond acceptors (Lipinski definition) is 3. The van der Waals surface area contributed by atoms with Gasteiger partial charge < -0.3 is 9.88 Å². The molecule has 4 heteroatoms. The molecule has 3 rings (SSSR count). The first-order valence-corrected chi connectivity index (χ1v) is 6.57. The second-order valence-electron chi connectivity index (χ2n) is 5.21. The van der Waals surface area contributed by atoms with Gasteiger partial charge in [0, 0.05) is 32.7 Å². The fourth-order valence-corrected chi connectivity index (χ4v) is 2.59. The van der Waals surface area contributed by atoms with Gasteiger partial charge >= 0.3 is 0 Å². The molecule has 4 nitrogen and oxygen atoms in total. The number of aromatic nitrogens is 2. The molecule has 0 unspecified atom stereocenters. The summed E-state index contributed by atoms with van der Waals surface area (Å²) < 4.78 is 0. The van der Waals surface area contributed by atoms with Crippen molar-refractivity contribution >= 4 is 11.0 Å². The zero-order valence-electron chi connectivity index (χ0n) is 11.1. The van der Waals surface area contributed by atoms with Crippen LogP contribution in [0, 0.1) is 6.92 Å². The first-order chi connectivity index (χ1) is 8.72. The van der Waals surface area contributed by atoms with Crippen LogP contribution in [0.25, 0.3) is 11.0 Å². The molecule has 0 saturated carbocycles. The molecule has 1 aromatic heterocycles. The number of piperazine rings is 1. The van der Waals surface area contributed by atoms with E-state index in [4.69, 9.17) is 0 Å². The normalized spacial score (nSPS) is 18.6. The van der Waals surface area contributed by atoms with Crippen molar-refractivity contribution in [2.75, 3.05) is 33.2 Å². The summed E-state index contributed by atoms with van der Waals surface area (Å²) in [6, 6.07) is 6.41. The number of fused-ring (bicyclic) bond motifs is 1. The van der Waals surface area contributed by atoms with Gasteiger partial charge in [0.1, 0.15) is 5.82 Å². The molecule has 2 aromatic rings. The van der Waals surface area contributed by atoms with Crippen molar-refractivity contribution < 1.29 is 0 Å². The molecule has 2 heterocycles. The summed E-state index contributed by atoms with van der Waals surface area (Å²) in [5.41, 5.74) is 3.62. The van der Waals surface area contributed by atoms with Crippen LogP contribution in [-0.4, -0.2) is 53.0 Å². The minimum atomic E-state index is 0.996. The smallest absolute Gasteiger partial charge is 0.104 e. The Kier molecular flexibility index (Phi) is 3.06. The van der Waals surface area contributed by atoms with Crippen molar-refractivity contribution in [2.24, 2.45) is 0 Å². The third-order valence-electron chi connectivity index (χ3n) is 3.70. The Morgan fingerprint density at radius 1 is 1.22 bits per heavy atom. The molecule has 1 fully saturated rings. The zero-order valence-corrected chi connectivity index (χ0v) is 11.1. The van der Waals surface area contributed by atoms with E-state index in [9.17, 15) is 0 Å². The van der Waals surface area contributed by atoms with Gasteiger partial charge in [-0.15, -0.1) is 0 Å². The number of aromatic amines is 1. The van der Waals surface area contributed by atoms with Crippen molar-refractivity contribution in [3.63, 3.8) is 0 Å². The Bertz CT molecular complexity index is 538. The number of hydrogen-bond donors (Lipinski definition) is 1. The highest BCUT2D eigenvalue weighted by Crippen LogP contribution is 2.18. The van der Waals surface area contributed by atoms with Crippen LogP contribution in [0.15, 0.2) is 18.2 Å². The maximum Gasteiger partial charge on any atom is 0.104 e. The summed E-state index contributed by atoms with van der Waals surface area (Å²) in [6.07, 6.45) is 0. The Morgan fingerprint density at radius 2 is 2.00 bits per heavy atom. The summed E-state index contributed by atoms with van der Waals surface area (Å²) in [6.45, 7) is 7.65. The summed E-state index contributed by atoms with van der Waals surface area (Å²) >= 11 is 0. The molecule has 1 saturated heterocycles. The van der Waals surface area contributed by atoms with Crippen LogP contribution in [0.2, 0.25) is 0 Å². The van der Waals surface area contributed by atoms with Crippen molar-refractivity contribution in [3.05, 3.63) is 29.6 Å². The predicted molar refractivity (Wildman–Crippen MR) is 73.6 cm³/mol. The van der Waals surface area contributed by atoms with E-state index < -0.39 is 0 Å². The van der Waals surface area contributed by atoms with E-state index in [0.29, 0.717) is 0 Å². The summed E-state index contributed by atoms with van der Waals surface area (Å²) in [4.78, 5) is 12.8. The van der Waals surface area contributed by atoms with Crippen LogP contribution >= 0.6 is 0 Å². The fourth-order valence-electron chi connectivity index (χ4n) is 2.59. The van der Waals surface area contributed by atoms with Gasteiger partial charge in [0.05, 0.1) is 11.0 Å². The van der Waals surface area contributed by atoms with E-state index in [-0.39, 0.29) is 0 Å². The zero-order chi connectivity index (χ0) is 12.5. The van der Waals surface area contributed by atoms with Gasteiger partial charge in [0.25, 0.3) is 0 Å². The summed E-state index contributed by atoms with van der Waals surface area (Å²) in [5.74, 6) is 0.996. The van der Waals surface area contributed by atoms with Gasteiger partial charge in [0.15, 0.2) is 0 Å². The molecule has 1 N–H and O–H groups in total. The van der Waals surface area contributed by atoms with Crippen molar-refractivity contribution in [1.82, 2.24) is 19.8 Å². The van der Waals surface area contributed by atoms with Crippen LogP contribution in [0.5, 0.6) is 0 Å². The lowest BCUT2D eigenvalue weighted by atomic mass is 10.1. The number of imidazole rings is 1. The second-order valence-corrected chi connectivity index (χ2v) is 5.21. The van der Waals surface area contributed by atoms with Crippen LogP contribution in [0.4, 0.5) is 0 Å². The quantitative estimate of drug-likeness (QED) is 0.872. The molecular weight excluding hydrogens is 224 g/mol. The van der Waals surface area contributed by atoms with Gasteiger partial charge in [-0.3, -0.25) is 4.90 Å². The molecule has 96 valence electrons. The number of aryl methyl sites for hydroxylation is 1. The number of benzene rings is 1. The number of likely N-dealkylation sites (N-methyl/N-ethyl adjacent to an activating group) is 1. The lowest BCUT2D eigenvalue weighted by Crippen LogP contribution is -2.43. The first kappa shape index (κ1) is 11.7. The second kappa shape index (κ2) is 4.71. The largest absolute Gasteiger partial charge is 0.342 e. The maximum absolute atomic E-state index is 4.60. The third-order valence-corrected chi connectivity index (χ3v) is 3.70. The fraction of sp³-hybridized carbons (Fsp3) is 0.500. The first-order valence-electron chi connectivity index (χ1n) is 6.57. The summed E-state index contributed by atoms with van der Waals surface area (Å²) in [5, 5.41) is 0. The Labute approximate surface area is 108 Å². The van der Waals surface area contributed by atoms with Gasteiger partial charge in [-0.2, -0.15) is 0 Å². The number of rotatable bonds is 2. The van der Waals surface area contributed by atoms with Gasteiger partial charge in [-0.05, 0) is 25.6 Å². The molecule has 0 radical (unpaired) electrons. The Balaban J connectivity index is 1.82. The molecule has 18 heavy (non-hydrogen) atoms. The Morgan fingerprint density at radius 3 is 2.78 bits per heavy atom. The Hall–Kier alpha value is -1.39. The van der Waals surface area contributed by atoms with Crippen LogP contribution < -0.4 is 0 Å².